The average Bonchev–Trinajstić information content (AvgIpc) is 2.98. The maximum Gasteiger partial charge on any atom is 0.286 e. The van der Waals surface area contributed by atoms with Crippen molar-refractivity contribution < 1.29 is 19.0 Å². The lowest BCUT2D eigenvalue weighted by molar-refractivity contribution is -0.113. The number of para-hydroxylation sites is 1. The first kappa shape index (κ1) is 20.1. The number of aryl methyl sites for hydroxylation is 1. The van der Waals surface area contributed by atoms with E-state index in [1.54, 1.807) is 18.2 Å². The van der Waals surface area contributed by atoms with E-state index in [1.165, 1.54) is 7.11 Å². The second-order valence-electron chi connectivity index (χ2n) is 5.86. The molecule has 0 atom stereocenters. The quantitative estimate of drug-likeness (QED) is 0.539. The predicted octanol–water partition coefficient (Wildman–Crippen LogP) is 4.04. The molecule has 2 aromatic carbocycles. The van der Waals surface area contributed by atoms with Crippen LogP contribution in [0.3, 0.4) is 0 Å². The molecule has 0 saturated heterocycles. The fourth-order valence-corrected chi connectivity index (χ4v) is 3.51. The largest absolute Gasteiger partial charge is 0.493 e. The number of methoxy groups -OCH3 is 1. The molecule has 0 bridgehead atoms. The third kappa shape index (κ3) is 4.79. The second kappa shape index (κ2) is 9.03. The molecule has 3 rings (SSSR count). The number of rotatable bonds is 7. The summed E-state index contributed by atoms with van der Waals surface area (Å²) >= 11 is 7.48. The molecule has 8 heteroatoms. The number of aliphatic imine (C=N–C) groups is 1. The summed E-state index contributed by atoms with van der Waals surface area (Å²) in [6.45, 7) is 2.64. The SMILES string of the molecule is COc1cc(/C=C2/SC(N)=NC2=O)cc(Cl)c1OCCOc1ccccc1C. The van der Waals surface area contributed by atoms with Gasteiger partial charge in [-0.2, -0.15) is 4.99 Å². The highest BCUT2D eigenvalue weighted by molar-refractivity contribution is 8.18. The lowest BCUT2D eigenvalue weighted by Gasteiger charge is -2.14. The summed E-state index contributed by atoms with van der Waals surface area (Å²) in [7, 11) is 1.52. The minimum absolute atomic E-state index is 0.225. The molecule has 0 fully saturated rings. The summed E-state index contributed by atoms with van der Waals surface area (Å²) in [6, 6.07) is 11.2. The highest BCUT2D eigenvalue weighted by atomic mass is 35.5. The van der Waals surface area contributed by atoms with Gasteiger partial charge < -0.3 is 19.9 Å². The van der Waals surface area contributed by atoms with Crippen LogP contribution in [-0.4, -0.2) is 31.4 Å². The highest BCUT2D eigenvalue weighted by Gasteiger charge is 2.20. The number of hydrogen-bond donors (Lipinski definition) is 1. The van der Waals surface area contributed by atoms with Crippen molar-refractivity contribution in [2.24, 2.45) is 10.7 Å². The zero-order valence-corrected chi connectivity index (χ0v) is 17.0. The van der Waals surface area contributed by atoms with Crippen molar-refractivity contribution in [3.63, 3.8) is 0 Å². The Balaban J connectivity index is 1.67. The number of carbonyl (C=O) groups excluding carboxylic acids is 1. The number of hydrogen-bond acceptors (Lipinski definition) is 6. The topological polar surface area (TPSA) is 83.1 Å². The fourth-order valence-electron chi connectivity index (χ4n) is 2.55. The maximum absolute atomic E-state index is 11.8. The number of amidine groups is 1. The van der Waals surface area contributed by atoms with Crippen LogP contribution in [0.2, 0.25) is 5.02 Å². The summed E-state index contributed by atoms with van der Waals surface area (Å²) in [5.41, 5.74) is 7.31. The number of carbonyl (C=O) groups is 1. The molecule has 1 aliphatic heterocycles. The van der Waals surface area contributed by atoms with E-state index in [0.717, 1.165) is 23.1 Å². The molecule has 2 N–H and O–H groups in total. The van der Waals surface area contributed by atoms with E-state index in [0.29, 0.717) is 40.2 Å². The zero-order chi connectivity index (χ0) is 20.1. The first-order valence-corrected chi connectivity index (χ1v) is 9.64. The normalized spacial score (nSPS) is 14.9. The highest BCUT2D eigenvalue weighted by Crippen LogP contribution is 2.38. The summed E-state index contributed by atoms with van der Waals surface area (Å²) in [4.78, 5) is 15.9. The Hall–Kier alpha value is -2.64. The van der Waals surface area contributed by atoms with E-state index < -0.39 is 0 Å². The van der Waals surface area contributed by atoms with Gasteiger partial charge in [-0.1, -0.05) is 29.8 Å². The van der Waals surface area contributed by atoms with Gasteiger partial charge in [0, 0.05) is 0 Å². The second-order valence-corrected chi connectivity index (χ2v) is 7.33. The van der Waals surface area contributed by atoms with E-state index in [2.05, 4.69) is 4.99 Å². The van der Waals surface area contributed by atoms with Gasteiger partial charge in [0.15, 0.2) is 16.7 Å². The molecule has 1 heterocycles. The fraction of sp³-hybridized carbons (Fsp3) is 0.200. The Morgan fingerprint density at radius 2 is 1.93 bits per heavy atom. The Morgan fingerprint density at radius 3 is 2.61 bits per heavy atom. The molecule has 6 nitrogen and oxygen atoms in total. The standard InChI is InChI=1S/C20H19ClN2O4S/c1-12-5-3-4-6-15(12)26-7-8-27-18-14(21)9-13(10-16(18)25-2)11-17-19(24)23-20(22)28-17/h3-6,9-11H,7-8H2,1-2H3,(H2,22,23,24)/b17-11+. The maximum atomic E-state index is 11.8. The summed E-state index contributed by atoms with van der Waals surface area (Å²) in [5, 5.41) is 0.592. The van der Waals surface area contributed by atoms with Crippen LogP contribution in [0.1, 0.15) is 11.1 Å². The molecule has 0 saturated carbocycles. The van der Waals surface area contributed by atoms with Crippen molar-refractivity contribution in [2.45, 2.75) is 6.92 Å². The number of halogens is 1. The van der Waals surface area contributed by atoms with Gasteiger partial charge in [-0.15, -0.1) is 0 Å². The number of thioether (sulfide) groups is 1. The zero-order valence-electron chi connectivity index (χ0n) is 15.4. The molecule has 0 unspecified atom stereocenters. The predicted molar refractivity (Wildman–Crippen MR) is 112 cm³/mol. The van der Waals surface area contributed by atoms with Crippen LogP contribution in [-0.2, 0) is 4.79 Å². The van der Waals surface area contributed by atoms with Crippen molar-refractivity contribution >= 4 is 40.5 Å². The first-order chi connectivity index (χ1) is 13.5. The molecule has 0 aliphatic carbocycles. The monoisotopic (exact) mass is 418 g/mol. The number of amides is 1. The van der Waals surface area contributed by atoms with Gasteiger partial charge in [0.2, 0.25) is 0 Å². The lowest BCUT2D eigenvalue weighted by atomic mass is 10.2. The summed E-state index contributed by atoms with van der Waals surface area (Å²) in [6.07, 6.45) is 1.66. The van der Waals surface area contributed by atoms with Crippen LogP contribution in [0.25, 0.3) is 6.08 Å². The summed E-state index contributed by atoms with van der Waals surface area (Å²) in [5.74, 6) is 1.32. The Labute approximate surface area is 172 Å². The van der Waals surface area contributed by atoms with Gasteiger partial charge in [0.05, 0.1) is 17.0 Å². The Bertz CT molecular complexity index is 959. The third-order valence-corrected chi connectivity index (χ3v) is 4.96. The van der Waals surface area contributed by atoms with Gasteiger partial charge in [0.25, 0.3) is 5.91 Å². The molecule has 0 spiro atoms. The number of nitrogens with zero attached hydrogens (tertiary/aromatic N) is 1. The molecule has 0 aromatic heterocycles. The minimum atomic E-state index is -0.369. The molecule has 1 amide bonds. The molecule has 0 radical (unpaired) electrons. The lowest BCUT2D eigenvalue weighted by Crippen LogP contribution is -2.10. The van der Waals surface area contributed by atoms with E-state index in [-0.39, 0.29) is 11.1 Å². The minimum Gasteiger partial charge on any atom is -0.493 e. The third-order valence-electron chi connectivity index (χ3n) is 3.87. The van der Waals surface area contributed by atoms with Gasteiger partial charge >= 0.3 is 0 Å². The van der Waals surface area contributed by atoms with Crippen LogP contribution in [0.15, 0.2) is 46.3 Å². The van der Waals surface area contributed by atoms with Gasteiger partial charge in [-0.3, -0.25) is 4.79 Å². The van der Waals surface area contributed by atoms with Crippen LogP contribution in [0.4, 0.5) is 0 Å². The van der Waals surface area contributed by atoms with Crippen LogP contribution >= 0.6 is 23.4 Å². The van der Waals surface area contributed by atoms with E-state index in [1.807, 2.05) is 31.2 Å². The van der Waals surface area contributed by atoms with Crippen molar-refractivity contribution in [1.82, 2.24) is 0 Å². The van der Waals surface area contributed by atoms with Crippen LogP contribution in [0, 0.1) is 6.92 Å². The number of ether oxygens (including phenoxy) is 3. The molecule has 146 valence electrons. The molecule has 28 heavy (non-hydrogen) atoms. The number of nitrogens with two attached hydrogens (primary N) is 1. The smallest absolute Gasteiger partial charge is 0.286 e. The molecule has 1 aliphatic rings. The van der Waals surface area contributed by atoms with E-state index in [9.17, 15) is 4.79 Å². The average molecular weight is 419 g/mol. The van der Waals surface area contributed by atoms with Crippen molar-refractivity contribution in [3.8, 4) is 17.2 Å². The van der Waals surface area contributed by atoms with Crippen molar-refractivity contribution in [2.75, 3.05) is 20.3 Å². The van der Waals surface area contributed by atoms with E-state index >= 15 is 0 Å². The molecule has 2 aromatic rings. The van der Waals surface area contributed by atoms with Gasteiger partial charge in [-0.05, 0) is 54.1 Å². The molecular weight excluding hydrogens is 400 g/mol. The van der Waals surface area contributed by atoms with Gasteiger partial charge in [-0.25, -0.2) is 0 Å². The van der Waals surface area contributed by atoms with Gasteiger partial charge in [0.1, 0.15) is 19.0 Å². The summed E-state index contributed by atoms with van der Waals surface area (Å²) < 4.78 is 16.9. The first-order valence-electron chi connectivity index (χ1n) is 8.44. The van der Waals surface area contributed by atoms with Crippen LogP contribution < -0.4 is 19.9 Å². The Kier molecular flexibility index (Phi) is 6.49. The van der Waals surface area contributed by atoms with Crippen molar-refractivity contribution in [1.29, 1.82) is 0 Å². The molecular formula is C20H19ClN2O4S. The van der Waals surface area contributed by atoms with E-state index in [4.69, 9.17) is 31.5 Å². The number of benzene rings is 2. The van der Waals surface area contributed by atoms with Crippen LogP contribution in [0.5, 0.6) is 17.2 Å². The Morgan fingerprint density at radius 1 is 1.18 bits per heavy atom. The van der Waals surface area contributed by atoms with Crippen molar-refractivity contribution in [3.05, 3.63) is 57.5 Å².